The van der Waals surface area contributed by atoms with Crippen LogP contribution >= 0.6 is 23.2 Å². The summed E-state index contributed by atoms with van der Waals surface area (Å²) >= 11 is 12.1. The van der Waals surface area contributed by atoms with E-state index in [1.807, 2.05) is 26.0 Å². The van der Waals surface area contributed by atoms with E-state index in [1.165, 1.54) is 12.1 Å². The Morgan fingerprint density at radius 1 is 0.950 bits per heavy atom. The Morgan fingerprint density at radius 3 is 2.20 bits per heavy atom. The molecular formula is C16H16Cl2FN. The molecule has 0 aliphatic carbocycles. The zero-order valence-electron chi connectivity index (χ0n) is 11.3. The third-order valence-electron chi connectivity index (χ3n) is 3.30. The molecule has 2 aromatic rings. The van der Waals surface area contributed by atoms with E-state index in [0.29, 0.717) is 10.0 Å². The molecule has 0 spiro atoms. The number of nitrogens with one attached hydrogen (secondary N) is 1. The van der Waals surface area contributed by atoms with Crippen LogP contribution in [0.5, 0.6) is 0 Å². The van der Waals surface area contributed by atoms with Crippen LogP contribution in [-0.4, -0.2) is 0 Å². The zero-order chi connectivity index (χ0) is 14.7. The van der Waals surface area contributed by atoms with Crippen LogP contribution in [0.3, 0.4) is 0 Å². The van der Waals surface area contributed by atoms with E-state index in [2.05, 4.69) is 5.32 Å². The smallest absolute Gasteiger partial charge is 0.123 e. The number of benzene rings is 2. The Labute approximate surface area is 128 Å². The average Bonchev–Trinajstić information content (AvgIpc) is 2.39. The van der Waals surface area contributed by atoms with Crippen LogP contribution in [0, 0.1) is 5.82 Å². The first-order valence-corrected chi connectivity index (χ1v) is 7.19. The van der Waals surface area contributed by atoms with Gasteiger partial charge in [-0.1, -0.05) is 41.4 Å². The molecule has 0 fully saturated rings. The molecule has 0 aromatic heterocycles. The van der Waals surface area contributed by atoms with Gasteiger partial charge in [0.15, 0.2) is 0 Å². The zero-order valence-corrected chi connectivity index (χ0v) is 12.8. The third-order valence-corrected chi connectivity index (χ3v) is 3.86. The van der Waals surface area contributed by atoms with Crippen LogP contribution in [0.4, 0.5) is 4.39 Å². The molecule has 0 amide bonds. The lowest BCUT2D eigenvalue weighted by atomic mass is 10.0. The third kappa shape index (κ3) is 3.72. The summed E-state index contributed by atoms with van der Waals surface area (Å²) in [6.45, 7) is 4.07. The van der Waals surface area contributed by atoms with Crippen molar-refractivity contribution < 1.29 is 4.39 Å². The molecule has 2 atom stereocenters. The van der Waals surface area contributed by atoms with Crippen molar-refractivity contribution in [2.45, 2.75) is 25.9 Å². The van der Waals surface area contributed by atoms with Gasteiger partial charge in [0.2, 0.25) is 0 Å². The highest BCUT2D eigenvalue weighted by atomic mass is 35.5. The van der Waals surface area contributed by atoms with E-state index in [1.54, 1.807) is 18.2 Å². The molecule has 0 radical (unpaired) electrons. The van der Waals surface area contributed by atoms with Gasteiger partial charge in [0.05, 0.1) is 0 Å². The molecule has 0 bridgehead atoms. The summed E-state index contributed by atoms with van der Waals surface area (Å²) in [4.78, 5) is 0. The lowest BCUT2D eigenvalue weighted by molar-refractivity contribution is 0.494. The van der Waals surface area contributed by atoms with Crippen molar-refractivity contribution in [2.24, 2.45) is 0 Å². The second-order valence-electron chi connectivity index (χ2n) is 4.83. The molecule has 1 nitrogen and oxygen atoms in total. The van der Waals surface area contributed by atoms with Crippen molar-refractivity contribution in [1.82, 2.24) is 5.32 Å². The highest BCUT2D eigenvalue weighted by Crippen LogP contribution is 2.28. The van der Waals surface area contributed by atoms with E-state index < -0.39 is 0 Å². The molecule has 2 rings (SSSR count). The number of hydrogen-bond donors (Lipinski definition) is 1. The van der Waals surface area contributed by atoms with E-state index in [4.69, 9.17) is 23.2 Å². The molecule has 2 aromatic carbocycles. The van der Waals surface area contributed by atoms with Gasteiger partial charge >= 0.3 is 0 Å². The van der Waals surface area contributed by atoms with E-state index >= 15 is 0 Å². The first kappa shape index (κ1) is 15.3. The molecule has 0 aliphatic rings. The second-order valence-corrected chi connectivity index (χ2v) is 5.67. The summed E-state index contributed by atoms with van der Waals surface area (Å²) in [6.07, 6.45) is 0. The van der Waals surface area contributed by atoms with Gasteiger partial charge < -0.3 is 5.32 Å². The number of hydrogen-bond acceptors (Lipinski definition) is 1. The summed E-state index contributed by atoms with van der Waals surface area (Å²) in [6, 6.07) is 12.1. The fourth-order valence-corrected chi connectivity index (χ4v) is 2.74. The predicted octanol–water partition coefficient (Wildman–Crippen LogP) is 5.54. The molecule has 2 unspecified atom stereocenters. The lowest BCUT2D eigenvalue weighted by Crippen LogP contribution is -2.22. The summed E-state index contributed by atoms with van der Waals surface area (Å²) < 4.78 is 12.9. The summed E-state index contributed by atoms with van der Waals surface area (Å²) in [7, 11) is 0. The minimum absolute atomic E-state index is 0.0693. The minimum atomic E-state index is -0.227. The van der Waals surface area contributed by atoms with Gasteiger partial charge in [-0.2, -0.15) is 0 Å². The standard InChI is InChI=1S/C16H16Cl2FN/c1-10(12-3-6-14(19)7-4-12)20-11(2)15-8-5-13(17)9-16(15)18/h3-11,20H,1-2H3. The SMILES string of the molecule is CC(NC(C)c1ccc(Cl)cc1Cl)c1ccc(F)cc1. The van der Waals surface area contributed by atoms with Crippen LogP contribution in [-0.2, 0) is 0 Å². The maximum Gasteiger partial charge on any atom is 0.123 e. The highest BCUT2D eigenvalue weighted by Gasteiger charge is 2.14. The average molecular weight is 312 g/mol. The van der Waals surface area contributed by atoms with Gasteiger partial charge in [-0.05, 0) is 49.2 Å². The van der Waals surface area contributed by atoms with Crippen molar-refractivity contribution in [3.05, 3.63) is 69.5 Å². The molecule has 0 saturated heterocycles. The monoisotopic (exact) mass is 311 g/mol. The van der Waals surface area contributed by atoms with Gasteiger partial charge in [0, 0.05) is 22.1 Å². The Hall–Kier alpha value is -1.09. The summed E-state index contributed by atoms with van der Waals surface area (Å²) in [5, 5.41) is 4.71. The lowest BCUT2D eigenvalue weighted by Gasteiger charge is -2.21. The molecular weight excluding hydrogens is 296 g/mol. The Kier molecular flexibility index (Phi) is 5.03. The van der Waals surface area contributed by atoms with Gasteiger partial charge in [-0.25, -0.2) is 4.39 Å². The van der Waals surface area contributed by atoms with Crippen LogP contribution in [0.15, 0.2) is 42.5 Å². The van der Waals surface area contributed by atoms with Gasteiger partial charge in [-0.15, -0.1) is 0 Å². The molecule has 0 heterocycles. The number of halogens is 3. The fraction of sp³-hybridized carbons (Fsp3) is 0.250. The molecule has 106 valence electrons. The normalized spacial score (nSPS) is 14.1. The van der Waals surface area contributed by atoms with Crippen LogP contribution in [0.25, 0.3) is 0 Å². The summed E-state index contributed by atoms with van der Waals surface area (Å²) in [5.41, 5.74) is 2.02. The van der Waals surface area contributed by atoms with Gasteiger partial charge in [0.25, 0.3) is 0 Å². The fourth-order valence-electron chi connectivity index (χ4n) is 2.17. The Bertz CT molecular complexity index is 584. The second kappa shape index (κ2) is 6.57. The van der Waals surface area contributed by atoms with Crippen molar-refractivity contribution in [3.63, 3.8) is 0 Å². The van der Waals surface area contributed by atoms with Crippen LogP contribution in [0.2, 0.25) is 10.0 Å². The van der Waals surface area contributed by atoms with Crippen molar-refractivity contribution >= 4 is 23.2 Å². The first-order chi connectivity index (χ1) is 9.47. The predicted molar refractivity (Wildman–Crippen MR) is 82.8 cm³/mol. The quantitative estimate of drug-likeness (QED) is 0.781. The van der Waals surface area contributed by atoms with Crippen molar-refractivity contribution in [1.29, 1.82) is 0 Å². The van der Waals surface area contributed by atoms with Gasteiger partial charge in [0.1, 0.15) is 5.82 Å². The van der Waals surface area contributed by atoms with E-state index in [-0.39, 0.29) is 17.9 Å². The maximum absolute atomic E-state index is 12.9. The van der Waals surface area contributed by atoms with Gasteiger partial charge in [-0.3, -0.25) is 0 Å². The minimum Gasteiger partial charge on any atom is -0.304 e. The van der Waals surface area contributed by atoms with Crippen molar-refractivity contribution in [3.8, 4) is 0 Å². The Balaban J connectivity index is 2.10. The summed E-state index contributed by atoms with van der Waals surface area (Å²) in [5.74, 6) is -0.227. The molecule has 0 saturated carbocycles. The van der Waals surface area contributed by atoms with Crippen LogP contribution in [0.1, 0.15) is 37.1 Å². The van der Waals surface area contributed by atoms with Crippen LogP contribution < -0.4 is 5.32 Å². The molecule has 4 heteroatoms. The maximum atomic E-state index is 12.9. The Morgan fingerprint density at radius 2 is 1.60 bits per heavy atom. The van der Waals surface area contributed by atoms with E-state index in [9.17, 15) is 4.39 Å². The topological polar surface area (TPSA) is 12.0 Å². The molecule has 20 heavy (non-hydrogen) atoms. The largest absolute Gasteiger partial charge is 0.304 e. The molecule has 0 aliphatic heterocycles. The first-order valence-electron chi connectivity index (χ1n) is 6.44. The van der Waals surface area contributed by atoms with E-state index in [0.717, 1.165) is 11.1 Å². The van der Waals surface area contributed by atoms with Crippen molar-refractivity contribution in [2.75, 3.05) is 0 Å². The highest BCUT2D eigenvalue weighted by molar-refractivity contribution is 6.35. The number of rotatable bonds is 4. The molecule has 1 N–H and O–H groups in total.